The molecule has 0 aromatic rings. The highest BCUT2D eigenvalue weighted by molar-refractivity contribution is 6.18. The Bertz CT molecular complexity index is 572. The normalized spacial score (nSPS) is 29.4. The number of rotatable bonds is 0. The number of fused-ring (bicyclic) bond motifs is 1. The molecule has 0 bridgehead atoms. The van der Waals surface area contributed by atoms with Gasteiger partial charge in [0.25, 0.3) is 0 Å². The Morgan fingerprint density at radius 2 is 1.78 bits per heavy atom. The highest BCUT2D eigenvalue weighted by atomic mass is 16.6. The van der Waals surface area contributed by atoms with Gasteiger partial charge in [-0.1, -0.05) is 12.0 Å². The average molecular weight is 246 g/mol. The molecule has 0 aromatic carbocycles. The van der Waals surface area contributed by atoms with E-state index in [0.29, 0.717) is 0 Å². The largest absolute Gasteiger partial charge is 0.392 e. The van der Waals surface area contributed by atoms with Crippen molar-refractivity contribution < 1.29 is 28.7 Å². The Balaban J connectivity index is 2.53. The summed E-state index contributed by atoms with van der Waals surface area (Å²) < 4.78 is 8.81. The quantitative estimate of drug-likeness (QED) is 0.330. The number of carbonyl (C=O) groups is 4. The Morgan fingerprint density at radius 3 is 2.44 bits per heavy atom. The number of ether oxygens (including phenoxy) is 2. The highest BCUT2D eigenvalue weighted by Gasteiger charge is 2.36. The van der Waals surface area contributed by atoms with Gasteiger partial charge in [0, 0.05) is 0 Å². The van der Waals surface area contributed by atoms with Crippen LogP contribution in [0.4, 0.5) is 0 Å². The molecule has 0 saturated carbocycles. The van der Waals surface area contributed by atoms with Crippen LogP contribution in [0.1, 0.15) is 6.42 Å². The molecule has 1 unspecified atom stereocenters. The lowest BCUT2D eigenvalue weighted by atomic mass is 10.0. The van der Waals surface area contributed by atoms with E-state index in [0.717, 1.165) is 6.08 Å². The van der Waals surface area contributed by atoms with Gasteiger partial charge in [-0.05, 0) is 6.08 Å². The van der Waals surface area contributed by atoms with Gasteiger partial charge < -0.3 is 9.47 Å². The predicted molar refractivity (Wildman–Crippen MR) is 55.3 cm³/mol. The minimum Gasteiger partial charge on any atom is -0.392 e. The van der Waals surface area contributed by atoms with Gasteiger partial charge in [0.05, 0.1) is 17.6 Å². The van der Waals surface area contributed by atoms with Crippen molar-refractivity contribution in [3.05, 3.63) is 23.3 Å². The molecule has 0 aliphatic carbocycles. The van der Waals surface area contributed by atoms with E-state index in [9.17, 15) is 19.2 Å². The Kier molecular flexibility index (Phi) is 2.81. The fraction of sp³-hybridized carbons (Fsp3) is 0.167. The van der Waals surface area contributed by atoms with Gasteiger partial charge in [0.15, 0.2) is 0 Å². The van der Waals surface area contributed by atoms with Gasteiger partial charge in [0.1, 0.15) is 5.92 Å². The predicted octanol–water partition coefficient (Wildman–Crippen LogP) is -0.355. The molecule has 1 atom stereocenters. The van der Waals surface area contributed by atoms with Crippen molar-refractivity contribution in [2.75, 3.05) is 0 Å². The monoisotopic (exact) mass is 246 g/mol. The molecule has 1 fully saturated rings. The molecule has 18 heavy (non-hydrogen) atoms. The van der Waals surface area contributed by atoms with Gasteiger partial charge in [0.2, 0.25) is 0 Å². The maximum Gasteiger partial charge on any atom is 0.346 e. The van der Waals surface area contributed by atoms with Crippen molar-refractivity contribution >= 4 is 23.9 Å². The third-order valence-corrected chi connectivity index (χ3v) is 2.37. The van der Waals surface area contributed by atoms with Crippen LogP contribution < -0.4 is 0 Å². The minimum absolute atomic E-state index is 0.0769. The summed E-state index contributed by atoms with van der Waals surface area (Å²) in [5, 5.41) is 0. The van der Waals surface area contributed by atoms with Gasteiger partial charge in [-0.2, -0.15) is 0 Å². The standard InChI is InChI=1S/C12H6O6/c1-2-6-5-8-7(11(15)18-12(8)16)3-4-9(13)17-10(6)14/h1,3,5-6H,4H2/b7-3+,8-5+. The van der Waals surface area contributed by atoms with Crippen LogP contribution in [0.3, 0.4) is 0 Å². The van der Waals surface area contributed by atoms with Crippen LogP contribution in [0, 0.1) is 18.3 Å². The van der Waals surface area contributed by atoms with E-state index in [-0.39, 0.29) is 17.6 Å². The lowest BCUT2D eigenvalue weighted by molar-refractivity contribution is -0.159. The lowest BCUT2D eigenvalue weighted by Crippen LogP contribution is -2.18. The third-order valence-electron chi connectivity index (χ3n) is 2.37. The smallest absolute Gasteiger partial charge is 0.346 e. The second kappa shape index (κ2) is 4.30. The zero-order chi connectivity index (χ0) is 13.3. The van der Waals surface area contributed by atoms with E-state index in [4.69, 9.17) is 6.42 Å². The summed E-state index contributed by atoms with van der Waals surface area (Å²) in [6, 6.07) is 0. The second-order valence-electron chi connectivity index (χ2n) is 3.52. The summed E-state index contributed by atoms with van der Waals surface area (Å²) in [7, 11) is 0. The van der Waals surface area contributed by atoms with E-state index < -0.39 is 29.8 Å². The van der Waals surface area contributed by atoms with Gasteiger partial charge in [-0.15, -0.1) is 6.42 Å². The van der Waals surface area contributed by atoms with Gasteiger partial charge >= 0.3 is 23.9 Å². The Labute approximate surface area is 101 Å². The summed E-state index contributed by atoms with van der Waals surface area (Å²) in [4.78, 5) is 45.4. The molecule has 6 nitrogen and oxygen atoms in total. The van der Waals surface area contributed by atoms with Crippen molar-refractivity contribution in [2.24, 2.45) is 5.92 Å². The summed E-state index contributed by atoms with van der Waals surface area (Å²) in [5.41, 5.74) is -0.193. The van der Waals surface area contributed by atoms with E-state index in [1.54, 1.807) is 0 Å². The average Bonchev–Trinajstić information content (AvgIpc) is 2.59. The van der Waals surface area contributed by atoms with Crippen LogP contribution in [-0.2, 0) is 28.7 Å². The van der Waals surface area contributed by atoms with Crippen LogP contribution in [0.25, 0.3) is 0 Å². The summed E-state index contributed by atoms with van der Waals surface area (Å²) >= 11 is 0. The van der Waals surface area contributed by atoms with E-state index >= 15 is 0 Å². The van der Waals surface area contributed by atoms with E-state index in [1.807, 2.05) is 0 Å². The molecule has 1 saturated heterocycles. The number of hydrogen-bond acceptors (Lipinski definition) is 6. The van der Waals surface area contributed by atoms with Crippen LogP contribution in [0.5, 0.6) is 0 Å². The zero-order valence-electron chi connectivity index (χ0n) is 8.97. The topological polar surface area (TPSA) is 86.7 Å². The molecule has 0 aromatic heterocycles. The number of terminal acetylenes is 1. The summed E-state index contributed by atoms with van der Waals surface area (Å²) in [6.07, 6.45) is 7.05. The number of cyclic esters (lactones) is 4. The Morgan fingerprint density at radius 1 is 1.11 bits per heavy atom. The van der Waals surface area contributed by atoms with Crippen molar-refractivity contribution in [3.8, 4) is 12.3 Å². The van der Waals surface area contributed by atoms with Crippen molar-refractivity contribution in [2.45, 2.75) is 6.42 Å². The summed E-state index contributed by atoms with van der Waals surface area (Å²) in [6.45, 7) is 0. The highest BCUT2D eigenvalue weighted by Crippen LogP contribution is 2.25. The molecule has 2 rings (SSSR count). The first kappa shape index (κ1) is 11.8. The Hall–Kier alpha value is -2.68. The fourth-order valence-electron chi connectivity index (χ4n) is 1.52. The van der Waals surface area contributed by atoms with Gasteiger partial charge in [-0.3, -0.25) is 4.79 Å². The number of esters is 4. The molecule has 0 amide bonds. The molecule has 0 radical (unpaired) electrons. The van der Waals surface area contributed by atoms with Crippen LogP contribution in [0.15, 0.2) is 23.3 Å². The number of hydrogen-bond donors (Lipinski definition) is 0. The molecule has 2 aliphatic rings. The molecule has 6 heteroatoms. The second-order valence-corrected chi connectivity index (χ2v) is 3.52. The third kappa shape index (κ3) is 1.94. The molecular weight excluding hydrogens is 240 g/mol. The van der Waals surface area contributed by atoms with Crippen LogP contribution in [-0.4, -0.2) is 23.9 Å². The molecule has 0 spiro atoms. The van der Waals surface area contributed by atoms with Crippen molar-refractivity contribution in [1.82, 2.24) is 0 Å². The molecule has 2 heterocycles. The first-order valence-corrected chi connectivity index (χ1v) is 4.92. The SMILES string of the molecule is C#CC1/C=C2/C(=O)OC(=O)/C2=C/CC(=O)OC1=O. The summed E-state index contributed by atoms with van der Waals surface area (Å²) in [5.74, 6) is -2.73. The van der Waals surface area contributed by atoms with Crippen LogP contribution >= 0.6 is 0 Å². The zero-order valence-corrected chi connectivity index (χ0v) is 8.97. The van der Waals surface area contributed by atoms with Crippen molar-refractivity contribution in [1.29, 1.82) is 0 Å². The first-order chi connectivity index (χ1) is 8.52. The molecule has 2 aliphatic heterocycles. The van der Waals surface area contributed by atoms with Crippen LogP contribution in [0.2, 0.25) is 0 Å². The van der Waals surface area contributed by atoms with E-state index in [1.165, 1.54) is 6.08 Å². The molecular formula is C12H6O6. The van der Waals surface area contributed by atoms with E-state index in [2.05, 4.69) is 15.4 Å². The first-order valence-electron chi connectivity index (χ1n) is 4.92. The molecule has 0 N–H and O–H groups in total. The fourth-order valence-corrected chi connectivity index (χ4v) is 1.52. The maximum absolute atomic E-state index is 11.4. The van der Waals surface area contributed by atoms with Crippen molar-refractivity contribution in [3.63, 3.8) is 0 Å². The number of carbonyl (C=O) groups excluding carboxylic acids is 4. The maximum atomic E-state index is 11.4. The lowest BCUT2D eigenvalue weighted by Gasteiger charge is -2.03. The minimum atomic E-state index is -1.22. The molecule has 90 valence electrons. The van der Waals surface area contributed by atoms with Gasteiger partial charge in [-0.25, -0.2) is 14.4 Å².